The number of sulfonamides is 1. The second-order valence-corrected chi connectivity index (χ2v) is 8.98. The molecule has 164 valence electrons. The van der Waals surface area contributed by atoms with Crippen LogP contribution in [0.15, 0.2) is 47.4 Å². The van der Waals surface area contributed by atoms with Crippen LogP contribution in [0.25, 0.3) is 0 Å². The van der Waals surface area contributed by atoms with Crippen molar-refractivity contribution in [3.63, 3.8) is 0 Å². The third kappa shape index (κ3) is 6.38. The maximum Gasteiger partial charge on any atom is 0.338 e. The van der Waals surface area contributed by atoms with E-state index < -0.39 is 16.0 Å². The highest BCUT2D eigenvalue weighted by molar-refractivity contribution is 7.92. The van der Waals surface area contributed by atoms with E-state index in [4.69, 9.17) is 9.47 Å². The predicted octanol–water partition coefficient (Wildman–Crippen LogP) is 4.66. The monoisotopic (exact) mass is 434 g/mol. The Morgan fingerprint density at radius 2 is 1.73 bits per heavy atom. The van der Waals surface area contributed by atoms with E-state index in [1.54, 1.807) is 50.2 Å². The van der Waals surface area contributed by atoms with Gasteiger partial charge in [-0.1, -0.05) is 13.3 Å². The van der Waals surface area contributed by atoms with Crippen LogP contribution in [-0.2, 0) is 14.8 Å². The normalized spacial score (nSPS) is 12.3. The van der Waals surface area contributed by atoms with Crippen LogP contribution < -0.4 is 14.8 Å². The number of methoxy groups -OCH3 is 1. The van der Waals surface area contributed by atoms with Crippen molar-refractivity contribution in [2.24, 2.45) is 0 Å². The zero-order valence-corrected chi connectivity index (χ0v) is 18.9. The van der Waals surface area contributed by atoms with Gasteiger partial charge < -0.3 is 14.8 Å². The largest absolute Gasteiger partial charge is 0.497 e. The van der Waals surface area contributed by atoms with Crippen molar-refractivity contribution in [3.8, 4) is 5.75 Å². The Bertz CT molecular complexity index is 956. The maximum atomic E-state index is 13.2. The van der Waals surface area contributed by atoms with Crippen molar-refractivity contribution >= 4 is 27.4 Å². The third-order valence-corrected chi connectivity index (χ3v) is 5.74. The van der Waals surface area contributed by atoms with Crippen molar-refractivity contribution < 1.29 is 22.7 Å². The zero-order valence-electron chi connectivity index (χ0n) is 18.1. The topological polar surface area (TPSA) is 93.7 Å². The molecule has 2 aromatic carbocycles. The molecule has 0 aliphatic heterocycles. The van der Waals surface area contributed by atoms with Crippen molar-refractivity contribution in [1.82, 2.24) is 0 Å². The van der Waals surface area contributed by atoms with Gasteiger partial charge in [-0.3, -0.25) is 4.72 Å². The molecule has 0 fully saturated rings. The van der Waals surface area contributed by atoms with Crippen molar-refractivity contribution in [1.29, 1.82) is 0 Å². The number of benzene rings is 2. The minimum Gasteiger partial charge on any atom is -0.497 e. The lowest BCUT2D eigenvalue weighted by molar-refractivity contribution is 0.0377. The molecule has 0 aliphatic carbocycles. The van der Waals surface area contributed by atoms with Crippen molar-refractivity contribution in [3.05, 3.63) is 48.0 Å². The molecular formula is C22H30N2O5S. The molecule has 0 aliphatic rings. The summed E-state index contributed by atoms with van der Waals surface area (Å²) in [5, 5.41) is 3.24. The molecule has 7 nitrogen and oxygen atoms in total. The van der Waals surface area contributed by atoms with Crippen LogP contribution in [0.1, 0.15) is 50.9 Å². The quantitative estimate of drug-likeness (QED) is 0.528. The molecule has 0 saturated carbocycles. The Morgan fingerprint density at radius 1 is 1.07 bits per heavy atom. The van der Waals surface area contributed by atoms with Crippen molar-refractivity contribution in [2.45, 2.75) is 57.6 Å². The minimum atomic E-state index is -3.97. The van der Waals surface area contributed by atoms with Gasteiger partial charge >= 0.3 is 5.97 Å². The first kappa shape index (κ1) is 23.5. The van der Waals surface area contributed by atoms with E-state index in [2.05, 4.69) is 17.0 Å². The number of hydrogen-bond acceptors (Lipinski definition) is 6. The fraction of sp³-hybridized carbons (Fsp3) is 0.409. The van der Waals surface area contributed by atoms with Crippen LogP contribution in [0.5, 0.6) is 5.75 Å². The minimum absolute atomic E-state index is 0.0144. The van der Waals surface area contributed by atoms with E-state index in [9.17, 15) is 13.2 Å². The molecule has 0 amide bonds. The Morgan fingerprint density at radius 3 is 2.30 bits per heavy atom. The summed E-state index contributed by atoms with van der Waals surface area (Å²) in [4.78, 5) is 12.3. The molecule has 30 heavy (non-hydrogen) atoms. The van der Waals surface area contributed by atoms with Crippen LogP contribution in [0.2, 0.25) is 0 Å². The van der Waals surface area contributed by atoms with Gasteiger partial charge in [0.2, 0.25) is 0 Å². The molecule has 0 radical (unpaired) electrons. The van der Waals surface area contributed by atoms with Crippen LogP contribution in [0.4, 0.5) is 11.4 Å². The van der Waals surface area contributed by atoms with Gasteiger partial charge in [-0.2, -0.15) is 0 Å². The molecule has 0 aromatic heterocycles. The standard InChI is InChI=1S/C22H30N2O5S/c1-6-7-16(4)23-20-13-8-17(22(25)29-15(2)3)14-21(20)30(26,27)24-18-9-11-19(28-5)12-10-18/h8-16,23-24H,6-7H2,1-5H3/t16-/m1/s1. The van der Waals surface area contributed by atoms with Crippen LogP contribution in [0.3, 0.4) is 0 Å². The number of anilines is 2. The summed E-state index contributed by atoms with van der Waals surface area (Å²) < 4.78 is 39.2. The van der Waals surface area contributed by atoms with Crippen LogP contribution in [0, 0.1) is 0 Å². The molecule has 2 aromatic rings. The Labute approximate surface area is 178 Å². The fourth-order valence-corrected chi connectivity index (χ4v) is 4.17. The number of rotatable bonds is 10. The highest BCUT2D eigenvalue weighted by Crippen LogP contribution is 2.27. The Balaban J connectivity index is 2.43. The van der Waals surface area contributed by atoms with Gasteiger partial charge in [-0.15, -0.1) is 0 Å². The summed E-state index contributed by atoms with van der Waals surface area (Å²) >= 11 is 0. The molecule has 8 heteroatoms. The molecule has 2 rings (SSSR count). The van der Waals surface area contributed by atoms with Gasteiger partial charge in [-0.05, 0) is 69.7 Å². The highest BCUT2D eigenvalue weighted by Gasteiger charge is 2.23. The molecule has 0 saturated heterocycles. The third-order valence-electron chi connectivity index (χ3n) is 4.32. The van der Waals surface area contributed by atoms with Gasteiger partial charge in [-0.25, -0.2) is 13.2 Å². The molecule has 1 atom stereocenters. The number of esters is 1. The average Bonchev–Trinajstić information content (AvgIpc) is 2.68. The predicted molar refractivity (Wildman–Crippen MR) is 119 cm³/mol. The summed E-state index contributed by atoms with van der Waals surface area (Å²) in [5.74, 6) is 0.0474. The number of ether oxygens (including phenoxy) is 2. The Kier molecular flexibility index (Phi) is 8.11. The second-order valence-electron chi connectivity index (χ2n) is 7.33. The summed E-state index contributed by atoms with van der Waals surface area (Å²) in [6, 6.07) is 11.1. The van der Waals surface area contributed by atoms with E-state index in [1.807, 2.05) is 6.92 Å². The smallest absolute Gasteiger partial charge is 0.338 e. The fourth-order valence-electron chi connectivity index (χ4n) is 2.91. The molecule has 0 heterocycles. The van der Waals surface area contributed by atoms with Gasteiger partial charge in [0, 0.05) is 11.7 Å². The SMILES string of the molecule is CCC[C@@H](C)Nc1ccc(C(=O)OC(C)C)cc1S(=O)(=O)Nc1ccc(OC)cc1. The van der Waals surface area contributed by atoms with E-state index in [-0.39, 0.29) is 22.6 Å². The van der Waals surface area contributed by atoms with Gasteiger partial charge in [0.15, 0.2) is 0 Å². The van der Waals surface area contributed by atoms with Crippen LogP contribution >= 0.6 is 0 Å². The van der Waals surface area contributed by atoms with Gasteiger partial charge in [0.1, 0.15) is 10.6 Å². The van der Waals surface area contributed by atoms with E-state index in [1.165, 1.54) is 13.2 Å². The van der Waals surface area contributed by atoms with Gasteiger partial charge in [0.25, 0.3) is 10.0 Å². The number of carbonyl (C=O) groups excluding carboxylic acids is 1. The Hall–Kier alpha value is -2.74. The molecular weight excluding hydrogens is 404 g/mol. The summed E-state index contributed by atoms with van der Waals surface area (Å²) in [7, 11) is -2.43. The molecule has 2 N–H and O–H groups in total. The molecule has 0 spiro atoms. The molecule has 0 bridgehead atoms. The lowest BCUT2D eigenvalue weighted by Gasteiger charge is -2.19. The maximum absolute atomic E-state index is 13.2. The summed E-state index contributed by atoms with van der Waals surface area (Å²) in [5.41, 5.74) is 0.990. The summed E-state index contributed by atoms with van der Waals surface area (Å²) in [6.07, 6.45) is 1.53. The average molecular weight is 435 g/mol. The van der Waals surface area contributed by atoms with Crippen molar-refractivity contribution in [2.75, 3.05) is 17.1 Å². The second kappa shape index (κ2) is 10.3. The molecule has 0 unspecified atom stereocenters. The number of hydrogen-bond donors (Lipinski definition) is 2. The van der Waals surface area contributed by atoms with E-state index >= 15 is 0 Å². The van der Waals surface area contributed by atoms with Gasteiger partial charge in [0.05, 0.1) is 24.5 Å². The highest BCUT2D eigenvalue weighted by atomic mass is 32.2. The number of nitrogens with one attached hydrogen (secondary N) is 2. The zero-order chi connectivity index (χ0) is 22.3. The lowest BCUT2D eigenvalue weighted by atomic mass is 10.1. The number of carbonyl (C=O) groups is 1. The summed E-state index contributed by atoms with van der Waals surface area (Å²) in [6.45, 7) is 7.52. The van der Waals surface area contributed by atoms with Crippen LogP contribution in [-0.4, -0.2) is 33.6 Å². The first-order valence-corrected chi connectivity index (χ1v) is 11.4. The first-order valence-electron chi connectivity index (χ1n) is 9.94. The first-order chi connectivity index (χ1) is 14.2. The lowest BCUT2D eigenvalue weighted by Crippen LogP contribution is -2.21. The van der Waals surface area contributed by atoms with E-state index in [0.29, 0.717) is 17.1 Å². The van der Waals surface area contributed by atoms with E-state index in [0.717, 1.165) is 12.8 Å².